The van der Waals surface area contributed by atoms with E-state index in [2.05, 4.69) is 41.0 Å². The molecule has 1 amide bonds. The summed E-state index contributed by atoms with van der Waals surface area (Å²) in [5.74, 6) is 0.146. The molecule has 23 heavy (non-hydrogen) atoms. The van der Waals surface area contributed by atoms with Crippen LogP contribution in [0.5, 0.6) is 0 Å². The van der Waals surface area contributed by atoms with Crippen molar-refractivity contribution in [1.29, 1.82) is 0 Å². The standard InChI is InChI=1S/C17H21N5O/c1-17(2,3)14(10-22-9-8-18-11-22)21-16(23)15-19-12-6-4-5-7-13(12)20-15/h4-9,11,14H,10H2,1-3H3,(H,19,20)(H,21,23). The lowest BCUT2D eigenvalue weighted by Gasteiger charge is -2.31. The molecule has 0 saturated carbocycles. The molecule has 0 fully saturated rings. The largest absolute Gasteiger partial charge is 0.344 e. The first-order valence-corrected chi connectivity index (χ1v) is 7.65. The second kappa shape index (κ2) is 5.87. The number of H-pyrrole nitrogens is 1. The second-order valence-electron chi connectivity index (χ2n) is 6.75. The van der Waals surface area contributed by atoms with Gasteiger partial charge in [-0.05, 0) is 17.5 Å². The van der Waals surface area contributed by atoms with Crippen molar-refractivity contribution < 1.29 is 4.79 Å². The van der Waals surface area contributed by atoms with Gasteiger partial charge in [0.05, 0.1) is 23.4 Å². The number of carbonyl (C=O) groups is 1. The summed E-state index contributed by atoms with van der Waals surface area (Å²) in [6.45, 7) is 6.98. The van der Waals surface area contributed by atoms with E-state index in [0.717, 1.165) is 11.0 Å². The number of hydrogen-bond donors (Lipinski definition) is 2. The predicted molar refractivity (Wildman–Crippen MR) is 89.0 cm³/mol. The molecule has 1 unspecified atom stereocenters. The van der Waals surface area contributed by atoms with E-state index in [4.69, 9.17) is 0 Å². The molecule has 0 aliphatic heterocycles. The third-order valence-electron chi connectivity index (χ3n) is 3.91. The number of nitrogens with one attached hydrogen (secondary N) is 2. The van der Waals surface area contributed by atoms with E-state index in [1.807, 2.05) is 35.0 Å². The van der Waals surface area contributed by atoms with Gasteiger partial charge in [-0.2, -0.15) is 0 Å². The number of hydrogen-bond acceptors (Lipinski definition) is 3. The Bertz CT molecular complexity index is 765. The van der Waals surface area contributed by atoms with E-state index in [1.165, 1.54) is 0 Å². The molecular formula is C17H21N5O. The van der Waals surface area contributed by atoms with Crippen molar-refractivity contribution in [3.63, 3.8) is 0 Å². The molecule has 0 aliphatic carbocycles. The molecule has 0 spiro atoms. The number of para-hydroxylation sites is 2. The van der Waals surface area contributed by atoms with E-state index in [-0.39, 0.29) is 17.4 Å². The smallest absolute Gasteiger partial charge is 0.287 e. The topological polar surface area (TPSA) is 75.6 Å². The molecule has 0 bridgehead atoms. The van der Waals surface area contributed by atoms with E-state index in [9.17, 15) is 4.79 Å². The Kier molecular flexibility index (Phi) is 3.90. The molecule has 1 aromatic carbocycles. The normalized spacial score (nSPS) is 13.2. The Morgan fingerprint density at radius 2 is 2.13 bits per heavy atom. The van der Waals surface area contributed by atoms with Crippen molar-refractivity contribution in [2.75, 3.05) is 0 Å². The average Bonchev–Trinajstić information content (AvgIpc) is 3.14. The fourth-order valence-corrected chi connectivity index (χ4v) is 2.43. The summed E-state index contributed by atoms with van der Waals surface area (Å²) in [7, 11) is 0. The van der Waals surface area contributed by atoms with Gasteiger partial charge >= 0.3 is 0 Å². The van der Waals surface area contributed by atoms with E-state index in [1.54, 1.807) is 12.5 Å². The van der Waals surface area contributed by atoms with Crippen LogP contribution < -0.4 is 5.32 Å². The van der Waals surface area contributed by atoms with Crippen molar-refractivity contribution in [2.24, 2.45) is 5.41 Å². The van der Waals surface area contributed by atoms with Crippen molar-refractivity contribution in [3.8, 4) is 0 Å². The van der Waals surface area contributed by atoms with Gasteiger partial charge < -0.3 is 14.9 Å². The predicted octanol–water partition coefficient (Wildman–Crippen LogP) is 2.60. The van der Waals surface area contributed by atoms with Crippen LogP contribution in [-0.2, 0) is 6.54 Å². The summed E-state index contributed by atoms with van der Waals surface area (Å²) in [4.78, 5) is 24.1. The zero-order valence-electron chi connectivity index (χ0n) is 13.6. The fraction of sp³-hybridized carbons (Fsp3) is 0.353. The molecule has 6 nitrogen and oxygen atoms in total. The Morgan fingerprint density at radius 1 is 1.35 bits per heavy atom. The zero-order valence-corrected chi connectivity index (χ0v) is 13.6. The molecule has 1 atom stereocenters. The molecule has 2 N–H and O–H groups in total. The van der Waals surface area contributed by atoms with E-state index in [0.29, 0.717) is 12.4 Å². The van der Waals surface area contributed by atoms with Gasteiger partial charge in [-0.3, -0.25) is 4.79 Å². The number of benzene rings is 1. The van der Waals surface area contributed by atoms with Gasteiger partial charge in [0.2, 0.25) is 0 Å². The van der Waals surface area contributed by atoms with Crippen LogP contribution in [0.2, 0.25) is 0 Å². The van der Waals surface area contributed by atoms with E-state index < -0.39 is 0 Å². The maximum absolute atomic E-state index is 12.6. The Hall–Kier alpha value is -2.63. The average molecular weight is 311 g/mol. The van der Waals surface area contributed by atoms with Gasteiger partial charge in [0.15, 0.2) is 5.82 Å². The molecule has 2 heterocycles. The summed E-state index contributed by atoms with van der Waals surface area (Å²) in [6.07, 6.45) is 5.39. The monoisotopic (exact) mass is 311 g/mol. The first-order valence-electron chi connectivity index (χ1n) is 7.65. The number of imidazole rings is 2. The molecule has 3 aromatic rings. The number of amides is 1. The van der Waals surface area contributed by atoms with Gasteiger partial charge in [-0.1, -0.05) is 32.9 Å². The van der Waals surface area contributed by atoms with Crippen molar-refractivity contribution in [3.05, 3.63) is 48.8 Å². The molecule has 2 aromatic heterocycles. The molecule has 3 rings (SSSR count). The highest BCUT2D eigenvalue weighted by molar-refractivity contribution is 5.94. The maximum atomic E-state index is 12.6. The molecule has 120 valence electrons. The number of aromatic amines is 1. The Labute approximate surface area is 135 Å². The van der Waals surface area contributed by atoms with Gasteiger partial charge in [0.25, 0.3) is 5.91 Å². The molecular weight excluding hydrogens is 290 g/mol. The summed E-state index contributed by atoms with van der Waals surface area (Å²) in [5.41, 5.74) is 1.56. The van der Waals surface area contributed by atoms with Crippen molar-refractivity contribution in [2.45, 2.75) is 33.4 Å². The SMILES string of the molecule is CC(C)(C)C(Cn1ccnc1)NC(=O)c1nc2ccccc2[nH]1. The van der Waals surface area contributed by atoms with Gasteiger partial charge in [-0.25, -0.2) is 9.97 Å². The van der Waals surface area contributed by atoms with Gasteiger partial charge in [0, 0.05) is 18.9 Å². The van der Waals surface area contributed by atoms with Crippen LogP contribution in [0.4, 0.5) is 0 Å². The lowest BCUT2D eigenvalue weighted by Crippen LogP contribution is -2.46. The number of rotatable bonds is 4. The third-order valence-corrected chi connectivity index (χ3v) is 3.91. The highest BCUT2D eigenvalue weighted by Gasteiger charge is 2.27. The molecule has 6 heteroatoms. The highest BCUT2D eigenvalue weighted by Crippen LogP contribution is 2.21. The minimum absolute atomic E-state index is 0.0441. The van der Waals surface area contributed by atoms with Gasteiger partial charge in [-0.15, -0.1) is 0 Å². The highest BCUT2D eigenvalue weighted by atomic mass is 16.2. The van der Waals surface area contributed by atoms with Crippen LogP contribution in [-0.4, -0.2) is 31.5 Å². The molecule has 0 saturated heterocycles. The third kappa shape index (κ3) is 3.41. The first-order chi connectivity index (χ1) is 10.9. The van der Waals surface area contributed by atoms with Gasteiger partial charge in [0.1, 0.15) is 0 Å². The van der Waals surface area contributed by atoms with Crippen LogP contribution in [0.1, 0.15) is 31.4 Å². The summed E-state index contributed by atoms with van der Waals surface area (Å²) in [5, 5.41) is 3.09. The number of nitrogens with zero attached hydrogens (tertiary/aromatic N) is 3. The molecule has 0 radical (unpaired) electrons. The minimum Gasteiger partial charge on any atom is -0.344 e. The van der Waals surface area contributed by atoms with Crippen molar-refractivity contribution in [1.82, 2.24) is 24.8 Å². The molecule has 0 aliphatic rings. The second-order valence-corrected chi connectivity index (χ2v) is 6.75. The summed E-state index contributed by atoms with van der Waals surface area (Å²) in [6, 6.07) is 7.57. The maximum Gasteiger partial charge on any atom is 0.287 e. The lowest BCUT2D eigenvalue weighted by atomic mass is 9.86. The Balaban J connectivity index is 1.79. The number of aromatic nitrogens is 4. The number of fused-ring (bicyclic) bond motifs is 1. The van der Waals surface area contributed by atoms with Crippen LogP contribution in [0.25, 0.3) is 11.0 Å². The zero-order chi connectivity index (χ0) is 16.4. The van der Waals surface area contributed by atoms with E-state index >= 15 is 0 Å². The minimum atomic E-state index is -0.193. The van der Waals surface area contributed by atoms with Crippen LogP contribution in [0.3, 0.4) is 0 Å². The summed E-state index contributed by atoms with van der Waals surface area (Å²) < 4.78 is 1.97. The van der Waals surface area contributed by atoms with Crippen LogP contribution in [0.15, 0.2) is 43.0 Å². The van der Waals surface area contributed by atoms with Crippen molar-refractivity contribution >= 4 is 16.9 Å². The lowest BCUT2D eigenvalue weighted by molar-refractivity contribution is 0.0883. The Morgan fingerprint density at radius 3 is 2.78 bits per heavy atom. The number of carbonyl (C=O) groups excluding carboxylic acids is 1. The van der Waals surface area contributed by atoms with Crippen LogP contribution in [0, 0.1) is 5.41 Å². The quantitative estimate of drug-likeness (QED) is 0.777. The van der Waals surface area contributed by atoms with Crippen LogP contribution >= 0.6 is 0 Å². The summed E-state index contributed by atoms with van der Waals surface area (Å²) >= 11 is 0. The first kappa shape index (κ1) is 15.3. The fourth-order valence-electron chi connectivity index (χ4n) is 2.43.